The van der Waals surface area contributed by atoms with E-state index < -0.39 is 0 Å². The second-order valence-electron chi connectivity index (χ2n) is 1.78. The highest BCUT2D eigenvalue weighted by Crippen LogP contribution is 1.95. The molecule has 56 valence electrons. The van der Waals surface area contributed by atoms with Crippen molar-refractivity contribution in [2.75, 3.05) is 6.61 Å². The smallest absolute Gasteiger partial charge is 0.0431 e. The molecule has 0 aliphatic rings. The summed E-state index contributed by atoms with van der Waals surface area (Å²) in [4.78, 5) is 0. The maximum Gasteiger partial charge on any atom is 0.0431 e. The van der Waals surface area contributed by atoms with Gasteiger partial charge in [0.05, 0.1) is 0 Å². The second kappa shape index (κ2) is 15.7. The van der Waals surface area contributed by atoms with Crippen LogP contribution in [0.4, 0.5) is 0 Å². The first-order valence-electron chi connectivity index (χ1n) is 3.52. The quantitative estimate of drug-likeness (QED) is 0.581. The van der Waals surface area contributed by atoms with Gasteiger partial charge in [-0.1, -0.05) is 39.5 Å². The van der Waals surface area contributed by atoms with Gasteiger partial charge < -0.3 is 5.11 Å². The van der Waals surface area contributed by atoms with E-state index in [2.05, 4.69) is 20.8 Å². The van der Waals surface area contributed by atoms with Crippen molar-refractivity contribution in [2.24, 2.45) is 0 Å². The first kappa shape index (κ1) is 11.7. The zero-order valence-electron chi connectivity index (χ0n) is 6.40. The Bertz CT molecular complexity index is 23.7. The lowest BCUT2D eigenvalue weighted by Crippen LogP contribution is -1.66. The summed E-state index contributed by atoms with van der Waals surface area (Å²) in [5.74, 6) is 0. The van der Waals surface area contributed by atoms with Crippen LogP contribution in [0.1, 0.15) is 32.6 Å². The van der Waals surface area contributed by atoms with Gasteiger partial charge in [0.1, 0.15) is 0 Å². The molecule has 9 heavy (non-hydrogen) atoms. The molecule has 1 N–H and O–H groups in total. The van der Waals surface area contributed by atoms with Crippen LogP contribution in [0, 0.1) is 13.8 Å². The summed E-state index contributed by atoms with van der Waals surface area (Å²) in [5.41, 5.74) is 0. The maximum absolute atomic E-state index is 7.46. The van der Waals surface area contributed by atoms with Crippen LogP contribution < -0.4 is 0 Å². The number of hydrogen-bond acceptors (Lipinski definition) is 1. The van der Waals surface area contributed by atoms with Gasteiger partial charge in [-0.05, 0) is 6.92 Å². The Labute approximate surface area is 59.1 Å². The van der Waals surface area contributed by atoms with Gasteiger partial charge in [-0.15, -0.1) is 0 Å². The van der Waals surface area contributed by atoms with E-state index in [1.807, 2.05) is 0 Å². The topological polar surface area (TPSA) is 20.2 Å². The highest BCUT2D eigenvalue weighted by molar-refractivity contribution is 4.38. The van der Waals surface area contributed by atoms with Crippen molar-refractivity contribution in [3.63, 3.8) is 0 Å². The molecule has 0 rings (SSSR count). The van der Waals surface area contributed by atoms with Crippen molar-refractivity contribution in [3.05, 3.63) is 13.8 Å². The van der Waals surface area contributed by atoms with E-state index in [4.69, 9.17) is 5.11 Å². The van der Waals surface area contributed by atoms with Crippen molar-refractivity contribution in [2.45, 2.75) is 32.6 Å². The molecule has 1 heteroatoms. The van der Waals surface area contributed by atoms with Crippen molar-refractivity contribution in [1.82, 2.24) is 0 Å². The molecule has 0 aliphatic carbocycles. The van der Waals surface area contributed by atoms with Crippen LogP contribution in [-0.4, -0.2) is 11.7 Å². The minimum Gasteiger partial charge on any atom is -0.396 e. The average Bonchev–Trinajstić information content (AvgIpc) is 1.86. The van der Waals surface area contributed by atoms with Crippen LogP contribution in [0.2, 0.25) is 0 Å². The highest BCUT2D eigenvalue weighted by atomic mass is 16.2. The molecule has 0 aromatic carbocycles. The van der Waals surface area contributed by atoms with Crippen LogP contribution in [0.5, 0.6) is 0 Å². The van der Waals surface area contributed by atoms with Gasteiger partial charge >= 0.3 is 0 Å². The third-order valence-corrected chi connectivity index (χ3v) is 0.854. The SMILES string of the molecule is [CH2]CCCCC.[CH2]CO. The minimum atomic E-state index is 0. The molecule has 0 heterocycles. The van der Waals surface area contributed by atoms with Crippen LogP contribution in [0.15, 0.2) is 0 Å². The zero-order chi connectivity index (χ0) is 7.54. The monoisotopic (exact) mass is 130 g/mol. The minimum absolute atomic E-state index is 0. The van der Waals surface area contributed by atoms with Crippen molar-refractivity contribution in [3.8, 4) is 0 Å². The van der Waals surface area contributed by atoms with Crippen molar-refractivity contribution in [1.29, 1.82) is 0 Å². The van der Waals surface area contributed by atoms with Gasteiger partial charge in [0.2, 0.25) is 0 Å². The molecule has 0 bridgehead atoms. The maximum atomic E-state index is 7.46. The average molecular weight is 130 g/mol. The third-order valence-electron chi connectivity index (χ3n) is 0.854. The molecular weight excluding hydrogens is 112 g/mol. The molecule has 0 atom stereocenters. The number of unbranched alkanes of at least 4 members (excludes halogenated alkanes) is 3. The summed E-state index contributed by atoms with van der Waals surface area (Å²) >= 11 is 0. The largest absolute Gasteiger partial charge is 0.396 e. The second-order valence-corrected chi connectivity index (χ2v) is 1.78. The van der Waals surface area contributed by atoms with Gasteiger partial charge in [0.15, 0.2) is 0 Å². The normalized spacial score (nSPS) is 8.00. The molecule has 0 saturated carbocycles. The lowest BCUT2D eigenvalue weighted by Gasteiger charge is -1.86. The lowest BCUT2D eigenvalue weighted by atomic mass is 10.2. The van der Waals surface area contributed by atoms with Crippen LogP contribution in [0.3, 0.4) is 0 Å². The molecule has 0 aromatic heterocycles. The molecule has 0 unspecified atom stereocenters. The third kappa shape index (κ3) is 32.3. The molecule has 0 saturated heterocycles. The first-order chi connectivity index (χ1) is 4.33. The van der Waals surface area contributed by atoms with Crippen molar-refractivity contribution >= 4 is 0 Å². The fourth-order valence-electron chi connectivity index (χ4n) is 0.427. The lowest BCUT2D eigenvalue weighted by molar-refractivity contribution is 0.341. The summed E-state index contributed by atoms with van der Waals surface area (Å²) in [5, 5.41) is 7.46. The van der Waals surface area contributed by atoms with E-state index in [1.54, 1.807) is 0 Å². The molecule has 0 spiro atoms. The van der Waals surface area contributed by atoms with E-state index in [0.29, 0.717) is 0 Å². The Morgan fingerprint density at radius 3 is 1.78 bits per heavy atom. The summed E-state index contributed by atoms with van der Waals surface area (Å²) in [6.07, 6.45) is 5.07. The molecule has 0 fully saturated rings. The first-order valence-corrected chi connectivity index (χ1v) is 3.52. The Kier molecular flexibility index (Phi) is 20.4. The highest BCUT2D eigenvalue weighted by Gasteiger charge is 1.75. The number of hydrogen-bond donors (Lipinski definition) is 1. The summed E-state index contributed by atoms with van der Waals surface area (Å²) in [6.45, 7) is 8.97. The van der Waals surface area contributed by atoms with Crippen LogP contribution in [-0.2, 0) is 0 Å². The fourth-order valence-corrected chi connectivity index (χ4v) is 0.427. The number of aliphatic hydroxyl groups is 1. The molecule has 0 aromatic rings. The predicted molar refractivity (Wildman–Crippen MR) is 41.9 cm³/mol. The van der Waals surface area contributed by atoms with Gasteiger partial charge in [-0.25, -0.2) is 0 Å². The molecule has 2 radical (unpaired) electrons. The number of rotatable bonds is 3. The Balaban J connectivity index is 0. The van der Waals surface area contributed by atoms with Gasteiger partial charge in [0.25, 0.3) is 0 Å². The van der Waals surface area contributed by atoms with Gasteiger partial charge in [-0.3, -0.25) is 0 Å². The summed E-state index contributed by atoms with van der Waals surface area (Å²) < 4.78 is 0. The van der Waals surface area contributed by atoms with Crippen LogP contribution in [0.25, 0.3) is 0 Å². The van der Waals surface area contributed by atoms with Gasteiger partial charge in [-0.2, -0.15) is 0 Å². The Morgan fingerprint density at radius 1 is 1.22 bits per heavy atom. The van der Waals surface area contributed by atoms with E-state index in [9.17, 15) is 0 Å². The van der Waals surface area contributed by atoms with E-state index >= 15 is 0 Å². The predicted octanol–water partition coefficient (Wildman–Crippen LogP) is 2.21. The molecule has 0 amide bonds. The van der Waals surface area contributed by atoms with Crippen molar-refractivity contribution < 1.29 is 5.11 Å². The number of aliphatic hydroxyl groups excluding tert-OH is 1. The fraction of sp³-hybridized carbons (Fsp3) is 0.750. The van der Waals surface area contributed by atoms with E-state index in [1.165, 1.54) is 19.3 Å². The summed E-state index contributed by atoms with van der Waals surface area (Å²) in [7, 11) is 0. The Morgan fingerprint density at radius 2 is 1.67 bits per heavy atom. The van der Waals surface area contributed by atoms with Gasteiger partial charge in [0, 0.05) is 6.61 Å². The zero-order valence-corrected chi connectivity index (χ0v) is 6.40. The summed E-state index contributed by atoms with van der Waals surface area (Å²) in [6, 6.07) is 0. The van der Waals surface area contributed by atoms with Crippen LogP contribution >= 0.6 is 0 Å². The molecule has 0 aliphatic heterocycles. The Hall–Kier alpha value is -0.0400. The van der Waals surface area contributed by atoms with E-state index in [-0.39, 0.29) is 6.61 Å². The van der Waals surface area contributed by atoms with E-state index in [0.717, 1.165) is 6.42 Å². The standard InChI is InChI=1S/C6H13.C2H5O/c1-3-5-6-4-2;1-2-3/h1,3-6H2,2H3;3H,1-2H2. The molecular formula is C8H18O. The molecule has 1 nitrogen and oxygen atoms in total.